The fourth-order valence-electron chi connectivity index (χ4n) is 2.88. The van der Waals surface area contributed by atoms with Gasteiger partial charge in [0.2, 0.25) is 5.75 Å². The lowest BCUT2D eigenvalue weighted by atomic mass is 9.98. The van der Waals surface area contributed by atoms with E-state index in [9.17, 15) is 5.11 Å². The maximum Gasteiger partial charge on any atom is 0.203 e. The van der Waals surface area contributed by atoms with Crippen molar-refractivity contribution in [1.29, 1.82) is 0 Å². The number of aliphatic hydroxyl groups is 1. The summed E-state index contributed by atoms with van der Waals surface area (Å²) < 4.78 is 16.2. The summed E-state index contributed by atoms with van der Waals surface area (Å²) in [5, 5.41) is 9.25. The first-order valence-corrected chi connectivity index (χ1v) is 10.5. The van der Waals surface area contributed by atoms with Gasteiger partial charge < -0.3 is 25.1 Å². The summed E-state index contributed by atoms with van der Waals surface area (Å²) in [4.78, 5) is 2.31. The van der Waals surface area contributed by atoms with Gasteiger partial charge in [0.1, 0.15) is 0 Å². The Labute approximate surface area is 177 Å². The van der Waals surface area contributed by atoms with E-state index < -0.39 is 5.54 Å². The van der Waals surface area contributed by atoms with Crippen molar-refractivity contribution in [2.75, 3.05) is 27.9 Å². The highest BCUT2D eigenvalue weighted by atomic mass is 32.1. The van der Waals surface area contributed by atoms with E-state index in [0.29, 0.717) is 17.2 Å². The number of methoxy groups -OCH3 is 3. The normalized spacial score (nSPS) is 12.6. The first-order valence-electron chi connectivity index (χ1n) is 9.68. The first kappa shape index (κ1) is 23.1. The number of hydrogen-bond acceptors (Lipinski definition) is 6. The molecule has 1 atom stereocenters. The molecule has 1 heterocycles. The molecular formula is C23H31NO4S. The van der Waals surface area contributed by atoms with Crippen LogP contribution in [0.15, 0.2) is 24.3 Å². The lowest BCUT2D eigenvalue weighted by Crippen LogP contribution is -2.40. The highest BCUT2D eigenvalue weighted by Crippen LogP contribution is 2.38. The van der Waals surface area contributed by atoms with Crippen LogP contribution in [0.3, 0.4) is 0 Å². The summed E-state index contributed by atoms with van der Waals surface area (Å²) in [6.45, 7) is 1.87. The summed E-state index contributed by atoms with van der Waals surface area (Å²) >= 11 is 1.69. The molecule has 0 spiro atoms. The zero-order valence-corrected chi connectivity index (χ0v) is 18.5. The van der Waals surface area contributed by atoms with Crippen molar-refractivity contribution in [2.24, 2.45) is 5.73 Å². The highest BCUT2D eigenvalue weighted by Gasteiger charge is 2.17. The molecule has 1 aromatic heterocycles. The number of benzene rings is 1. The molecule has 0 aliphatic heterocycles. The second-order valence-corrected chi connectivity index (χ2v) is 8.44. The smallest absolute Gasteiger partial charge is 0.203 e. The Bertz CT molecular complexity index is 823. The molecule has 6 heteroatoms. The molecule has 158 valence electrons. The Balaban J connectivity index is 1.87. The van der Waals surface area contributed by atoms with E-state index >= 15 is 0 Å². The Morgan fingerprint density at radius 3 is 2.34 bits per heavy atom. The van der Waals surface area contributed by atoms with Crippen molar-refractivity contribution in [3.05, 3.63) is 39.6 Å². The summed E-state index contributed by atoms with van der Waals surface area (Å²) in [6, 6.07) is 8.12. The van der Waals surface area contributed by atoms with Crippen molar-refractivity contribution in [1.82, 2.24) is 0 Å². The summed E-state index contributed by atoms with van der Waals surface area (Å²) in [5.74, 6) is 8.46. The third-order valence-electron chi connectivity index (χ3n) is 4.67. The van der Waals surface area contributed by atoms with E-state index in [0.717, 1.165) is 42.5 Å². The summed E-state index contributed by atoms with van der Waals surface area (Å²) in [6.07, 6.45) is 4.27. The van der Waals surface area contributed by atoms with Gasteiger partial charge in [0.15, 0.2) is 11.5 Å². The zero-order valence-electron chi connectivity index (χ0n) is 17.7. The van der Waals surface area contributed by atoms with Gasteiger partial charge in [-0.3, -0.25) is 0 Å². The Morgan fingerprint density at radius 1 is 1.07 bits per heavy atom. The van der Waals surface area contributed by atoms with Gasteiger partial charge in [-0.25, -0.2) is 0 Å². The topological polar surface area (TPSA) is 73.9 Å². The maximum absolute atomic E-state index is 9.25. The van der Waals surface area contributed by atoms with Crippen LogP contribution in [0.5, 0.6) is 17.2 Å². The monoisotopic (exact) mass is 417 g/mol. The van der Waals surface area contributed by atoms with Gasteiger partial charge in [-0.2, -0.15) is 0 Å². The van der Waals surface area contributed by atoms with Gasteiger partial charge in [0.25, 0.3) is 0 Å². The minimum Gasteiger partial charge on any atom is -0.493 e. The van der Waals surface area contributed by atoms with Crippen LogP contribution < -0.4 is 19.9 Å². The van der Waals surface area contributed by atoms with Crippen LogP contribution in [0.2, 0.25) is 0 Å². The molecule has 5 nitrogen and oxygen atoms in total. The molecule has 0 aliphatic carbocycles. The maximum atomic E-state index is 9.25. The molecule has 0 bridgehead atoms. The summed E-state index contributed by atoms with van der Waals surface area (Å²) in [7, 11) is 4.85. The third kappa shape index (κ3) is 6.97. The minimum absolute atomic E-state index is 0.00299. The molecule has 0 saturated carbocycles. The quantitative estimate of drug-likeness (QED) is 0.454. The summed E-state index contributed by atoms with van der Waals surface area (Å²) in [5.41, 5.74) is 6.60. The predicted octanol–water partition coefficient (Wildman–Crippen LogP) is 3.79. The number of thiophene rings is 1. The zero-order chi connectivity index (χ0) is 21.3. The number of unbranched alkanes of at least 4 members (excludes halogenated alkanes) is 1. The van der Waals surface area contributed by atoms with Gasteiger partial charge in [0, 0.05) is 16.8 Å². The molecule has 2 rings (SSSR count). The van der Waals surface area contributed by atoms with Crippen LogP contribution in [0.1, 0.15) is 41.5 Å². The van der Waals surface area contributed by atoms with E-state index in [-0.39, 0.29) is 6.61 Å². The number of hydrogen-bond donors (Lipinski definition) is 2. The number of nitrogens with two attached hydrogens (primary N) is 1. The molecule has 0 amide bonds. The molecule has 3 N–H and O–H groups in total. The third-order valence-corrected chi connectivity index (χ3v) is 5.73. The van der Waals surface area contributed by atoms with Crippen molar-refractivity contribution >= 4 is 11.3 Å². The van der Waals surface area contributed by atoms with Gasteiger partial charge in [-0.05, 0) is 62.4 Å². The fourth-order valence-corrected chi connectivity index (χ4v) is 3.76. The lowest BCUT2D eigenvalue weighted by Gasteiger charge is -2.20. The van der Waals surface area contributed by atoms with E-state index in [1.165, 1.54) is 4.88 Å². The van der Waals surface area contributed by atoms with Crippen molar-refractivity contribution in [2.45, 2.75) is 44.6 Å². The molecule has 1 aromatic carbocycles. The van der Waals surface area contributed by atoms with Crippen LogP contribution in [0.4, 0.5) is 0 Å². The second-order valence-electron chi connectivity index (χ2n) is 7.27. The Morgan fingerprint density at radius 2 is 1.76 bits per heavy atom. The number of aryl methyl sites for hydroxylation is 2. The van der Waals surface area contributed by atoms with Crippen LogP contribution in [0, 0.1) is 11.8 Å². The first-order chi connectivity index (χ1) is 13.9. The molecule has 29 heavy (non-hydrogen) atoms. The molecule has 1 unspecified atom stereocenters. The number of rotatable bonds is 10. The average molecular weight is 418 g/mol. The minimum atomic E-state index is -0.525. The largest absolute Gasteiger partial charge is 0.493 e. The Hall–Kier alpha value is -2.20. The van der Waals surface area contributed by atoms with Crippen LogP contribution in [-0.2, 0) is 12.8 Å². The standard InChI is InChI=1S/C23H31NO4S/c1-23(24,16-25)13-12-19-11-10-18(29-19)9-7-5-6-8-17-14-20(26-2)22(28-4)21(15-17)27-3/h10-11,14-15,25H,5-6,8,12-13,16,24H2,1-4H3. The predicted molar refractivity (Wildman–Crippen MR) is 118 cm³/mol. The van der Waals surface area contributed by atoms with Crippen LogP contribution >= 0.6 is 11.3 Å². The molecule has 0 radical (unpaired) electrons. The number of aliphatic hydroxyl groups excluding tert-OH is 1. The van der Waals surface area contributed by atoms with Crippen molar-refractivity contribution in [3.8, 4) is 29.1 Å². The van der Waals surface area contributed by atoms with Gasteiger partial charge >= 0.3 is 0 Å². The fraction of sp³-hybridized carbons (Fsp3) is 0.478. The average Bonchev–Trinajstić information content (AvgIpc) is 3.19. The molecule has 0 saturated heterocycles. The SMILES string of the molecule is COc1cc(CCCC#Cc2ccc(CCC(C)(N)CO)s2)cc(OC)c1OC. The molecule has 0 aliphatic rings. The van der Waals surface area contributed by atoms with Crippen LogP contribution in [0.25, 0.3) is 0 Å². The number of ether oxygens (including phenoxy) is 3. The van der Waals surface area contributed by atoms with Gasteiger partial charge in [-0.1, -0.05) is 11.8 Å². The van der Waals surface area contributed by atoms with Gasteiger partial charge in [-0.15, -0.1) is 11.3 Å². The van der Waals surface area contributed by atoms with E-state index in [2.05, 4.69) is 24.0 Å². The highest BCUT2D eigenvalue weighted by molar-refractivity contribution is 7.12. The van der Waals surface area contributed by atoms with Crippen LogP contribution in [-0.4, -0.2) is 38.6 Å². The Kier molecular flexibility index (Phi) is 8.84. The van der Waals surface area contributed by atoms with E-state index in [1.807, 2.05) is 19.1 Å². The van der Waals surface area contributed by atoms with E-state index in [4.69, 9.17) is 19.9 Å². The van der Waals surface area contributed by atoms with Gasteiger partial charge in [0.05, 0.1) is 32.8 Å². The van der Waals surface area contributed by atoms with Crippen molar-refractivity contribution < 1.29 is 19.3 Å². The molecule has 2 aromatic rings. The van der Waals surface area contributed by atoms with Crippen molar-refractivity contribution in [3.63, 3.8) is 0 Å². The van der Waals surface area contributed by atoms with E-state index in [1.54, 1.807) is 32.7 Å². The lowest BCUT2D eigenvalue weighted by molar-refractivity contribution is 0.201. The second kappa shape index (κ2) is 11.1. The molecule has 0 fully saturated rings. The molecular weight excluding hydrogens is 386 g/mol.